The molecule has 0 aliphatic rings. The van der Waals surface area contributed by atoms with Gasteiger partial charge in [0.25, 0.3) is 0 Å². The Kier molecular flexibility index (Phi) is 8.51. The minimum Gasteiger partial charge on any atom is -0.310 e. The van der Waals surface area contributed by atoms with Gasteiger partial charge in [-0.15, -0.1) is 13.2 Å². The van der Waals surface area contributed by atoms with E-state index in [0.29, 0.717) is 6.04 Å². The van der Waals surface area contributed by atoms with Gasteiger partial charge in [-0.25, -0.2) is 0 Å². The van der Waals surface area contributed by atoms with Crippen molar-refractivity contribution in [2.75, 3.05) is 26.2 Å². The summed E-state index contributed by atoms with van der Waals surface area (Å²) in [7, 11) is 0. The van der Waals surface area contributed by atoms with Crippen LogP contribution in [0.3, 0.4) is 0 Å². The summed E-state index contributed by atoms with van der Waals surface area (Å²) in [6, 6.07) is 8.92. The molecule has 3 heteroatoms. The van der Waals surface area contributed by atoms with Crippen LogP contribution in [0, 0.1) is 0 Å². The highest BCUT2D eigenvalue weighted by Crippen LogP contribution is 2.21. The molecule has 0 aliphatic carbocycles. The van der Waals surface area contributed by atoms with E-state index in [1.165, 1.54) is 5.56 Å². The van der Waals surface area contributed by atoms with Crippen LogP contribution >= 0.6 is 15.9 Å². The van der Waals surface area contributed by atoms with Gasteiger partial charge in [0, 0.05) is 30.1 Å². The SMILES string of the molecule is C=CCN(CC=C)CCC(NCC)c1cccc(Br)c1. The molecule has 1 atom stereocenters. The first kappa shape index (κ1) is 17.2. The third kappa shape index (κ3) is 6.04. The highest BCUT2D eigenvalue weighted by atomic mass is 79.9. The lowest BCUT2D eigenvalue weighted by molar-refractivity contribution is 0.308. The molecule has 0 saturated carbocycles. The fraction of sp³-hybridized carbons (Fsp3) is 0.412. The van der Waals surface area contributed by atoms with Crippen LogP contribution in [0.25, 0.3) is 0 Å². The molecule has 0 aliphatic heterocycles. The van der Waals surface area contributed by atoms with Crippen LogP contribution in [0.1, 0.15) is 24.9 Å². The topological polar surface area (TPSA) is 15.3 Å². The number of nitrogens with zero attached hydrogens (tertiary/aromatic N) is 1. The Hall–Kier alpha value is -0.900. The van der Waals surface area contributed by atoms with Gasteiger partial charge in [0.15, 0.2) is 0 Å². The van der Waals surface area contributed by atoms with E-state index < -0.39 is 0 Å². The number of hydrogen-bond acceptors (Lipinski definition) is 2. The summed E-state index contributed by atoms with van der Waals surface area (Å²) in [5, 5.41) is 3.57. The van der Waals surface area contributed by atoms with Crippen LogP contribution in [0.2, 0.25) is 0 Å². The van der Waals surface area contributed by atoms with Gasteiger partial charge in [0.1, 0.15) is 0 Å². The van der Waals surface area contributed by atoms with E-state index in [1.807, 2.05) is 12.2 Å². The van der Waals surface area contributed by atoms with Crippen LogP contribution < -0.4 is 5.32 Å². The molecule has 0 amide bonds. The summed E-state index contributed by atoms with van der Waals surface area (Å²) in [6.45, 7) is 13.6. The Morgan fingerprint density at radius 3 is 2.55 bits per heavy atom. The zero-order valence-electron chi connectivity index (χ0n) is 12.3. The molecule has 0 saturated heterocycles. The lowest BCUT2D eigenvalue weighted by Gasteiger charge is -2.24. The molecule has 0 aromatic heterocycles. The average molecular weight is 337 g/mol. The van der Waals surface area contributed by atoms with Crippen molar-refractivity contribution in [3.05, 3.63) is 59.6 Å². The van der Waals surface area contributed by atoms with Gasteiger partial charge in [-0.05, 0) is 30.7 Å². The molecular formula is C17H25BrN2. The Labute approximate surface area is 131 Å². The zero-order valence-corrected chi connectivity index (χ0v) is 13.9. The smallest absolute Gasteiger partial charge is 0.0332 e. The second-order valence-corrected chi connectivity index (χ2v) is 5.71. The molecular weight excluding hydrogens is 312 g/mol. The van der Waals surface area contributed by atoms with E-state index in [2.05, 4.69) is 70.5 Å². The van der Waals surface area contributed by atoms with Gasteiger partial charge >= 0.3 is 0 Å². The molecule has 1 N–H and O–H groups in total. The number of halogens is 1. The molecule has 0 bridgehead atoms. The maximum absolute atomic E-state index is 3.82. The van der Waals surface area contributed by atoms with Crippen LogP contribution in [-0.2, 0) is 0 Å². The average Bonchev–Trinajstić information content (AvgIpc) is 2.43. The van der Waals surface area contributed by atoms with Gasteiger partial charge in [0.2, 0.25) is 0 Å². The highest BCUT2D eigenvalue weighted by molar-refractivity contribution is 9.10. The second-order valence-electron chi connectivity index (χ2n) is 4.79. The largest absolute Gasteiger partial charge is 0.310 e. The van der Waals surface area contributed by atoms with E-state index in [9.17, 15) is 0 Å². The third-order valence-corrected chi connectivity index (χ3v) is 3.70. The van der Waals surface area contributed by atoms with Gasteiger partial charge in [-0.1, -0.05) is 47.1 Å². The molecule has 1 unspecified atom stereocenters. The number of rotatable bonds is 10. The molecule has 0 heterocycles. The molecule has 20 heavy (non-hydrogen) atoms. The number of nitrogens with one attached hydrogen (secondary N) is 1. The van der Waals surface area contributed by atoms with E-state index in [0.717, 1.165) is 37.1 Å². The van der Waals surface area contributed by atoms with E-state index in [1.54, 1.807) is 0 Å². The minimum absolute atomic E-state index is 0.384. The number of hydrogen-bond donors (Lipinski definition) is 1. The monoisotopic (exact) mass is 336 g/mol. The fourth-order valence-corrected chi connectivity index (χ4v) is 2.71. The van der Waals surface area contributed by atoms with Crippen LogP contribution in [0.15, 0.2) is 54.0 Å². The Morgan fingerprint density at radius 2 is 2.00 bits per heavy atom. The zero-order chi connectivity index (χ0) is 14.8. The van der Waals surface area contributed by atoms with Gasteiger partial charge in [0.05, 0.1) is 0 Å². The maximum atomic E-state index is 3.82. The predicted octanol–water partition coefficient (Wildman–Crippen LogP) is 4.16. The molecule has 1 rings (SSSR count). The van der Waals surface area contributed by atoms with Crippen molar-refractivity contribution in [3.63, 3.8) is 0 Å². The Bertz CT molecular complexity index is 407. The minimum atomic E-state index is 0.384. The normalized spacial score (nSPS) is 12.3. The van der Waals surface area contributed by atoms with Crippen molar-refractivity contribution >= 4 is 15.9 Å². The summed E-state index contributed by atoms with van der Waals surface area (Å²) in [5.74, 6) is 0. The van der Waals surface area contributed by atoms with Crippen molar-refractivity contribution in [1.82, 2.24) is 10.2 Å². The lowest BCUT2D eigenvalue weighted by atomic mass is 10.0. The Morgan fingerprint density at radius 1 is 1.30 bits per heavy atom. The third-order valence-electron chi connectivity index (χ3n) is 3.21. The standard InChI is InChI=1S/C17H25BrN2/c1-4-11-20(12-5-2)13-10-17(19-6-3)15-8-7-9-16(18)14-15/h4-5,7-9,14,17,19H,1-2,6,10-13H2,3H3. The highest BCUT2D eigenvalue weighted by Gasteiger charge is 2.12. The summed E-state index contributed by atoms with van der Waals surface area (Å²) in [4.78, 5) is 2.35. The van der Waals surface area contributed by atoms with Gasteiger partial charge < -0.3 is 5.32 Å². The fourth-order valence-electron chi connectivity index (χ4n) is 2.29. The molecule has 2 nitrogen and oxygen atoms in total. The summed E-state index contributed by atoms with van der Waals surface area (Å²) >= 11 is 3.55. The van der Waals surface area contributed by atoms with Crippen molar-refractivity contribution in [3.8, 4) is 0 Å². The van der Waals surface area contributed by atoms with Crippen molar-refractivity contribution in [1.29, 1.82) is 0 Å². The Balaban J connectivity index is 2.66. The van der Waals surface area contributed by atoms with Crippen LogP contribution in [-0.4, -0.2) is 31.1 Å². The summed E-state index contributed by atoms with van der Waals surface area (Å²) in [6.07, 6.45) is 4.97. The van der Waals surface area contributed by atoms with E-state index >= 15 is 0 Å². The van der Waals surface area contributed by atoms with E-state index in [4.69, 9.17) is 0 Å². The van der Waals surface area contributed by atoms with Crippen molar-refractivity contribution < 1.29 is 0 Å². The van der Waals surface area contributed by atoms with Crippen molar-refractivity contribution in [2.24, 2.45) is 0 Å². The summed E-state index contributed by atoms with van der Waals surface area (Å²) < 4.78 is 1.13. The van der Waals surface area contributed by atoms with E-state index in [-0.39, 0.29) is 0 Å². The first-order chi connectivity index (χ1) is 9.71. The quantitative estimate of drug-likeness (QED) is 0.645. The lowest BCUT2D eigenvalue weighted by Crippen LogP contribution is -2.30. The maximum Gasteiger partial charge on any atom is 0.0332 e. The molecule has 1 aromatic rings. The molecule has 0 fully saturated rings. The van der Waals surface area contributed by atoms with Crippen LogP contribution in [0.5, 0.6) is 0 Å². The predicted molar refractivity (Wildman–Crippen MR) is 92.0 cm³/mol. The van der Waals surface area contributed by atoms with Gasteiger partial charge in [-0.2, -0.15) is 0 Å². The number of benzene rings is 1. The molecule has 1 aromatic carbocycles. The first-order valence-corrected chi connectivity index (χ1v) is 7.93. The first-order valence-electron chi connectivity index (χ1n) is 7.14. The van der Waals surface area contributed by atoms with Crippen LogP contribution in [0.4, 0.5) is 0 Å². The second kappa shape index (κ2) is 9.92. The van der Waals surface area contributed by atoms with Crippen molar-refractivity contribution in [2.45, 2.75) is 19.4 Å². The molecule has 0 radical (unpaired) electrons. The molecule has 110 valence electrons. The summed E-state index contributed by atoms with van der Waals surface area (Å²) in [5.41, 5.74) is 1.33. The molecule has 0 spiro atoms. The van der Waals surface area contributed by atoms with Gasteiger partial charge in [-0.3, -0.25) is 4.90 Å².